The number of rotatable bonds is 5. The Kier molecular flexibility index (Phi) is 5.24. The first-order chi connectivity index (χ1) is 11.6. The zero-order chi connectivity index (χ0) is 17.1. The highest BCUT2D eigenvalue weighted by molar-refractivity contribution is 6.42. The van der Waals surface area contributed by atoms with Crippen LogP contribution in [-0.4, -0.2) is 16.7 Å². The molecule has 0 bridgehead atoms. The van der Waals surface area contributed by atoms with E-state index >= 15 is 0 Å². The van der Waals surface area contributed by atoms with Crippen LogP contribution in [-0.2, 0) is 0 Å². The summed E-state index contributed by atoms with van der Waals surface area (Å²) in [5.41, 5.74) is 11.4. The minimum atomic E-state index is 0.198. The summed E-state index contributed by atoms with van der Waals surface area (Å²) in [4.78, 5) is 0. The number of halogens is 2. The second-order valence-corrected chi connectivity index (χ2v) is 6.62. The van der Waals surface area contributed by atoms with Gasteiger partial charge in [0.2, 0.25) is 0 Å². The summed E-state index contributed by atoms with van der Waals surface area (Å²) in [6.45, 7) is 2.60. The molecule has 1 unspecified atom stereocenters. The van der Waals surface area contributed by atoms with E-state index in [2.05, 4.69) is 34.5 Å². The molecule has 3 N–H and O–H groups in total. The molecule has 5 heteroatoms. The van der Waals surface area contributed by atoms with Crippen molar-refractivity contribution in [2.75, 3.05) is 6.54 Å². The van der Waals surface area contributed by atoms with E-state index in [1.807, 2.05) is 31.3 Å². The summed E-state index contributed by atoms with van der Waals surface area (Å²) in [6, 6.07) is 14.3. The van der Waals surface area contributed by atoms with E-state index in [0.29, 0.717) is 16.6 Å². The molecule has 0 spiro atoms. The van der Waals surface area contributed by atoms with Crippen LogP contribution in [0.25, 0.3) is 11.1 Å². The molecule has 0 saturated heterocycles. The van der Waals surface area contributed by atoms with Crippen LogP contribution in [0.1, 0.15) is 29.2 Å². The molecule has 24 heavy (non-hydrogen) atoms. The van der Waals surface area contributed by atoms with E-state index in [0.717, 1.165) is 28.8 Å². The number of nitrogens with two attached hydrogens (primary N) is 1. The molecule has 3 aromatic rings. The maximum Gasteiger partial charge on any atom is 0.0669 e. The van der Waals surface area contributed by atoms with Crippen molar-refractivity contribution in [3.63, 3.8) is 0 Å². The molecule has 1 heterocycles. The van der Waals surface area contributed by atoms with Gasteiger partial charge in [0, 0.05) is 17.7 Å². The van der Waals surface area contributed by atoms with Crippen LogP contribution >= 0.6 is 23.2 Å². The van der Waals surface area contributed by atoms with E-state index in [1.165, 1.54) is 5.56 Å². The first-order valence-electron chi connectivity index (χ1n) is 7.86. The SMILES string of the molecule is Cc1n[nH]cc1-c1ccc(C(CCN)c2ccc(Cl)c(Cl)c2)cc1. The lowest BCUT2D eigenvalue weighted by Crippen LogP contribution is -2.09. The molecule has 0 radical (unpaired) electrons. The first kappa shape index (κ1) is 17.0. The fourth-order valence-corrected chi connectivity index (χ4v) is 3.27. The summed E-state index contributed by atoms with van der Waals surface area (Å²) in [6.07, 6.45) is 2.77. The smallest absolute Gasteiger partial charge is 0.0669 e. The Morgan fingerprint density at radius 2 is 1.75 bits per heavy atom. The lowest BCUT2D eigenvalue weighted by molar-refractivity contribution is 0.726. The summed E-state index contributed by atoms with van der Waals surface area (Å²) in [5.74, 6) is 0.198. The predicted molar refractivity (Wildman–Crippen MR) is 101 cm³/mol. The molecule has 0 saturated carbocycles. The zero-order valence-corrected chi connectivity index (χ0v) is 14.9. The van der Waals surface area contributed by atoms with Crippen molar-refractivity contribution in [1.29, 1.82) is 0 Å². The molecule has 124 valence electrons. The molecule has 3 rings (SSSR count). The fourth-order valence-electron chi connectivity index (χ4n) is 2.97. The van der Waals surface area contributed by atoms with Crippen molar-refractivity contribution < 1.29 is 0 Å². The molecule has 2 aromatic carbocycles. The summed E-state index contributed by atoms with van der Waals surface area (Å²) in [7, 11) is 0. The molecular formula is C19H19Cl2N3. The van der Waals surface area contributed by atoms with Gasteiger partial charge in [-0.15, -0.1) is 0 Å². The van der Waals surface area contributed by atoms with Gasteiger partial charge in [-0.05, 0) is 48.7 Å². The Morgan fingerprint density at radius 1 is 1.04 bits per heavy atom. The number of aryl methyl sites for hydroxylation is 1. The molecule has 0 aliphatic heterocycles. The van der Waals surface area contributed by atoms with Crippen LogP contribution < -0.4 is 5.73 Å². The van der Waals surface area contributed by atoms with Crippen LogP contribution in [0.4, 0.5) is 0 Å². The van der Waals surface area contributed by atoms with Gasteiger partial charge in [0.05, 0.1) is 15.7 Å². The molecule has 1 aromatic heterocycles. The Hall–Kier alpha value is -1.81. The van der Waals surface area contributed by atoms with Gasteiger partial charge in [0.15, 0.2) is 0 Å². The number of aromatic nitrogens is 2. The van der Waals surface area contributed by atoms with Crippen molar-refractivity contribution in [1.82, 2.24) is 10.2 Å². The van der Waals surface area contributed by atoms with E-state index in [1.54, 1.807) is 0 Å². The second kappa shape index (κ2) is 7.39. The Bertz CT molecular complexity index is 825. The molecule has 3 nitrogen and oxygen atoms in total. The average Bonchev–Trinajstić information content (AvgIpc) is 3.02. The third kappa shape index (κ3) is 3.48. The van der Waals surface area contributed by atoms with E-state index < -0.39 is 0 Å². The highest BCUT2D eigenvalue weighted by Gasteiger charge is 2.15. The zero-order valence-electron chi connectivity index (χ0n) is 13.4. The number of benzene rings is 2. The molecule has 0 aliphatic rings. The monoisotopic (exact) mass is 359 g/mol. The minimum absolute atomic E-state index is 0.198. The van der Waals surface area contributed by atoms with Crippen LogP contribution in [0.5, 0.6) is 0 Å². The van der Waals surface area contributed by atoms with Gasteiger partial charge < -0.3 is 5.73 Å². The van der Waals surface area contributed by atoms with Gasteiger partial charge in [-0.3, -0.25) is 5.10 Å². The quantitative estimate of drug-likeness (QED) is 0.659. The largest absolute Gasteiger partial charge is 0.330 e. The maximum absolute atomic E-state index is 6.18. The number of aromatic amines is 1. The molecule has 1 atom stereocenters. The van der Waals surface area contributed by atoms with Crippen LogP contribution in [0.15, 0.2) is 48.7 Å². The number of nitrogens with zero attached hydrogens (tertiary/aromatic N) is 1. The molecule has 0 aliphatic carbocycles. The lowest BCUT2D eigenvalue weighted by Gasteiger charge is -2.18. The van der Waals surface area contributed by atoms with Gasteiger partial charge in [-0.2, -0.15) is 5.10 Å². The highest BCUT2D eigenvalue weighted by atomic mass is 35.5. The standard InChI is InChI=1S/C19H19Cl2N3/c1-12-17(11-23-24-12)14-4-2-13(3-5-14)16(8-9-22)15-6-7-18(20)19(21)10-15/h2-7,10-11,16H,8-9,22H2,1H3,(H,23,24). The van der Waals surface area contributed by atoms with Crippen molar-refractivity contribution in [2.24, 2.45) is 5.73 Å². The van der Waals surface area contributed by atoms with Crippen LogP contribution in [0.2, 0.25) is 10.0 Å². The molecule has 0 fully saturated rings. The third-order valence-corrected chi connectivity index (χ3v) is 5.00. The molecular weight excluding hydrogens is 341 g/mol. The van der Waals surface area contributed by atoms with Gasteiger partial charge in [-0.25, -0.2) is 0 Å². The van der Waals surface area contributed by atoms with Crippen LogP contribution in [0.3, 0.4) is 0 Å². The maximum atomic E-state index is 6.18. The Morgan fingerprint density at radius 3 is 2.33 bits per heavy atom. The fraction of sp³-hybridized carbons (Fsp3) is 0.211. The van der Waals surface area contributed by atoms with Crippen molar-refractivity contribution in [3.05, 3.63) is 75.5 Å². The second-order valence-electron chi connectivity index (χ2n) is 5.81. The topological polar surface area (TPSA) is 54.7 Å². The number of hydrogen-bond acceptors (Lipinski definition) is 2. The van der Waals surface area contributed by atoms with E-state index in [4.69, 9.17) is 28.9 Å². The Labute approximate surface area is 151 Å². The minimum Gasteiger partial charge on any atom is -0.330 e. The summed E-state index contributed by atoms with van der Waals surface area (Å²) in [5, 5.41) is 8.21. The normalized spacial score (nSPS) is 12.3. The van der Waals surface area contributed by atoms with Gasteiger partial charge in [0.25, 0.3) is 0 Å². The number of H-pyrrole nitrogens is 1. The van der Waals surface area contributed by atoms with Gasteiger partial charge >= 0.3 is 0 Å². The predicted octanol–water partition coefficient (Wildman–Crippen LogP) is 5.17. The van der Waals surface area contributed by atoms with Crippen molar-refractivity contribution in [2.45, 2.75) is 19.3 Å². The van der Waals surface area contributed by atoms with Gasteiger partial charge in [0.1, 0.15) is 0 Å². The summed E-state index contributed by atoms with van der Waals surface area (Å²) >= 11 is 12.2. The van der Waals surface area contributed by atoms with Crippen molar-refractivity contribution in [3.8, 4) is 11.1 Å². The highest BCUT2D eigenvalue weighted by Crippen LogP contribution is 2.33. The number of hydrogen-bond donors (Lipinski definition) is 2. The summed E-state index contributed by atoms with van der Waals surface area (Å²) < 4.78 is 0. The van der Waals surface area contributed by atoms with E-state index in [-0.39, 0.29) is 5.92 Å². The lowest BCUT2D eigenvalue weighted by atomic mass is 9.87. The Balaban J connectivity index is 1.94. The van der Waals surface area contributed by atoms with E-state index in [9.17, 15) is 0 Å². The molecule has 0 amide bonds. The third-order valence-electron chi connectivity index (χ3n) is 4.26. The first-order valence-corrected chi connectivity index (χ1v) is 8.61. The van der Waals surface area contributed by atoms with Crippen LogP contribution in [0, 0.1) is 6.92 Å². The number of nitrogens with one attached hydrogen (secondary N) is 1. The average molecular weight is 360 g/mol. The van der Waals surface area contributed by atoms with Gasteiger partial charge in [-0.1, -0.05) is 53.5 Å². The van der Waals surface area contributed by atoms with Crippen molar-refractivity contribution >= 4 is 23.2 Å².